The van der Waals surface area contributed by atoms with Crippen LogP contribution in [0.4, 0.5) is 26.3 Å². The van der Waals surface area contributed by atoms with Gasteiger partial charge in [-0.3, -0.25) is 0 Å². The van der Waals surface area contributed by atoms with Gasteiger partial charge in [0, 0.05) is 0 Å². The number of hydrogen-bond donors (Lipinski definition) is 0. The van der Waals surface area contributed by atoms with Crippen molar-refractivity contribution in [3.8, 4) is 22.3 Å². The van der Waals surface area contributed by atoms with E-state index in [1.807, 2.05) is 36.4 Å². The van der Waals surface area contributed by atoms with Crippen LogP contribution in [0.2, 0.25) is 0 Å². The van der Waals surface area contributed by atoms with Gasteiger partial charge in [0.15, 0.2) is 0 Å². The molecule has 0 unspecified atom stereocenters. The largest absolute Gasteiger partial charge is 4.00 e. The second-order valence-electron chi connectivity index (χ2n) is 14.1. The van der Waals surface area contributed by atoms with E-state index in [1.54, 1.807) is 24.3 Å². The van der Waals surface area contributed by atoms with Crippen molar-refractivity contribution in [1.29, 1.82) is 0 Å². The van der Waals surface area contributed by atoms with E-state index in [-0.39, 0.29) is 61.5 Å². The summed E-state index contributed by atoms with van der Waals surface area (Å²) in [6, 6.07) is 31.2. The Hall–Kier alpha value is -2.87. The minimum atomic E-state index is -4.30. The number of fused-ring (bicyclic) bond motifs is 2. The normalized spacial score (nSPS) is 11.7. The molecule has 0 spiro atoms. The number of alkyl halides is 6. The Morgan fingerprint density at radius 2 is 0.788 bits per heavy atom. The van der Waals surface area contributed by atoms with Crippen LogP contribution in [0.3, 0.4) is 0 Å². The predicted molar refractivity (Wildman–Crippen MR) is 207 cm³/mol. The smallest absolute Gasteiger partial charge is 0.372 e. The number of benzene rings is 4. The van der Waals surface area contributed by atoms with Crippen molar-refractivity contribution >= 4 is 46.4 Å². The van der Waals surface area contributed by atoms with E-state index in [2.05, 4.69) is 79.7 Å². The summed E-state index contributed by atoms with van der Waals surface area (Å²) >= 11 is 0. The summed E-state index contributed by atoms with van der Waals surface area (Å²) < 4.78 is 76.3. The summed E-state index contributed by atoms with van der Waals surface area (Å²) in [4.78, 5) is 0. The zero-order valence-corrected chi connectivity index (χ0v) is 35.3. The summed E-state index contributed by atoms with van der Waals surface area (Å²) in [5.74, 6) is 0. The van der Waals surface area contributed by atoms with E-state index in [0.717, 1.165) is 74.5 Å². The fraction of sp³-hybridized carbons (Fsp3) is 0.256. The Balaban J connectivity index is 0.000000459. The molecule has 0 heterocycles. The van der Waals surface area contributed by atoms with Gasteiger partial charge in [-0.05, 0) is 46.2 Å². The minimum Gasteiger partial charge on any atom is -0.372 e. The van der Waals surface area contributed by atoms with Crippen LogP contribution in [-0.2, 0) is 49.0 Å². The van der Waals surface area contributed by atoms with E-state index in [0.29, 0.717) is 0 Å². The van der Waals surface area contributed by atoms with E-state index < -0.39 is 23.5 Å². The van der Waals surface area contributed by atoms with Gasteiger partial charge in [-0.15, -0.1) is 93.9 Å². The van der Waals surface area contributed by atoms with Crippen LogP contribution >= 0.6 is 24.8 Å². The van der Waals surface area contributed by atoms with Crippen molar-refractivity contribution in [2.24, 2.45) is 0 Å². The zero-order chi connectivity index (χ0) is 36.4. The topological polar surface area (TPSA) is 0 Å². The molecule has 0 aliphatic carbocycles. The van der Waals surface area contributed by atoms with Crippen LogP contribution in [0.1, 0.15) is 70.2 Å². The third-order valence-corrected chi connectivity index (χ3v) is 8.28. The maximum atomic E-state index is 12.7. The summed E-state index contributed by atoms with van der Waals surface area (Å²) in [6.07, 6.45) is -7.85. The molecule has 0 aliphatic heterocycles. The molecule has 9 heteroatoms. The Kier molecular flexibility index (Phi) is 16.7. The Morgan fingerprint density at radius 3 is 1.04 bits per heavy atom. The van der Waals surface area contributed by atoms with Crippen molar-refractivity contribution in [2.75, 3.05) is 0 Å². The monoisotopic (exact) mass is 924 g/mol. The summed E-state index contributed by atoms with van der Waals surface area (Å²) in [5, 5.41) is 4.40. The maximum Gasteiger partial charge on any atom is 4.00 e. The molecule has 0 N–H and O–H groups in total. The summed E-state index contributed by atoms with van der Waals surface area (Å²) in [6.45, 7) is 19.7. The second-order valence-corrected chi connectivity index (χ2v) is 14.1. The predicted octanol–water partition coefficient (Wildman–Crippen LogP) is 15.0. The fourth-order valence-electron chi connectivity index (χ4n) is 5.52. The Bertz CT molecular complexity index is 1840. The molecule has 0 fully saturated rings. The Morgan fingerprint density at radius 1 is 0.500 bits per heavy atom. The van der Waals surface area contributed by atoms with Crippen LogP contribution in [0.15, 0.2) is 109 Å². The number of hydrogen-bond acceptors (Lipinski definition) is 0. The maximum absolute atomic E-state index is 12.7. The van der Waals surface area contributed by atoms with Crippen LogP contribution in [0, 0.1) is 13.8 Å². The van der Waals surface area contributed by atoms with E-state index in [1.165, 1.54) is 11.1 Å². The zero-order valence-electron chi connectivity index (χ0n) is 30.1. The Labute approximate surface area is 335 Å². The van der Waals surface area contributed by atoms with Gasteiger partial charge < -0.3 is 20.3 Å². The van der Waals surface area contributed by atoms with E-state index in [4.69, 9.17) is 0 Å². The molecule has 6 aromatic carbocycles. The average molecular weight is 924 g/mol. The van der Waals surface area contributed by atoms with Crippen LogP contribution in [0.25, 0.3) is 43.8 Å². The molecule has 0 radical (unpaired) electrons. The van der Waals surface area contributed by atoms with Crippen molar-refractivity contribution in [3.05, 3.63) is 145 Å². The van der Waals surface area contributed by atoms with Gasteiger partial charge >= 0.3 is 38.2 Å². The molecule has 0 saturated carbocycles. The summed E-state index contributed by atoms with van der Waals surface area (Å²) in [5.41, 5.74) is 4.83. The molecule has 0 aromatic heterocycles. The number of halogens is 8. The van der Waals surface area contributed by atoms with Gasteiger partial charge in [-0.2, -0.15) is 38.5 Å². The molecule has 0 saturated heterocycles. The molecule has 0 aliphatic rings. The van der Waals surface area contributed by atoms with Gasteiger partial charge in [0.2, 0.25) is 0 Å². The SMILES string of the molecule is CC(C)(C)c1cc2c(-c3ccc(C(F)(F)F)cc3)cccc2[cH-]1.CC(C)(C)c1cc2c(-c3ccc(C(F)(F)F)cc3)cccc2[cH-]1.Cl.Cl.[CH2-]C[CH2-].[Hf+4]. The van der Waals surface area contributed by atoms with Gasteiger partial charge in [-0.25, -0.2) is 0 Å². The first-order valence-corrected chi connectivity index (χ1v) is 16.1. The molecule has 0 nitrogen and oxygen atoms in total. The molecule has 276 valence electrons. The van der Waals surface area contributed by atoms with Crippen LogP contribution < -0.4 is 0 Å². The molecular weight excluding hydrogens is 880 g/mol. The molecule has 6 rings (SSSR count). The van der Waals surface area contributed by atoms with Crippen LogP contribution in [0.5, 0.6) is 0 Å². The minimum absolute atomic E-state index is 0. The number of rotatable bonds is 2. The molecule has 0 atom stereocenters. The van der Waals surface area contributed by atoms with E-state index in [9.17, 15) is 26.3 Å². The average Bonchev–Trinajstić information content (AvgIpc) is 3.67. The van der Waals surface area contributed by atoms with Gasteiger partial charge in [0.05, 0.1) is 11.1 Å². The molecule has 0 amide bonds. The molecule has 6 aromatic rings. The van der Waals surface area contributed by atoms with Crippen molar-refractivity contribution < 1.29 is 52.2 Å². The van der Waals surface area contributed by atoms with Gasteiger partial charge in [0.1, 0.15) is 0 Å². The fourth-order valence-corrected chi connectivity index (χ4v) is 5.52. The molecule has 52 heavy (non-hydrogen) atoms. The van der Waals surface area contributed by atoms with E-state index >= 15 is 0 Å². The third kappa shape index (κ3) is 11.6. The quantitative estimate of drug-likeness (QED) is 0.0922. The first-order chi connectivity index (χ1) is 22.7. The van der Waals surface area contributed by atoms with Crippen LogP contribution in [-0.4, -0.2) is 0 Å². The van der Waals surface area contributed by atoms with Gasteiger partial charge in [0.25, 0.3) is 0 Å². The summed E-state index contributed by atoms with van der Waals surface area (Å²) in [7, 11) is 0. The standard InChI is InChI=1S/2C20H18F3.C3H6.2ClH.Hf/c2*1-19(2,3)16-11-14-5-4-6-17(18(14)12-16)13-7-9-15(10-8-13)20(21,22)23;1-3-2;;;/h2*4-12H,1-3H3;1-3H2;2*1H;/q2*-1;-2;;;+4. The first-order valence-electron chi connectivity index (χ1n) is 16.1. The second kappa shape index (κ2) is 18.4. The van der Waals surface area contributed by atoms with Crippen molar-refractivity contribution in [1.82, 2.24) is 0 Å². The van der Waals surface area contributed by atoms with Crippen molar-refractivity contribution in [2.45, 2.75) is 71.1 Å². The molecule has 0 bridgehead atoms. The first kappa shape index (κ1) is 47.2. The molecular formula is C43H44Cl2F6Hf. The third-order valence-electron chi connectivity index (χ3n) is 8.28. The van der Waals surface area contributed by atoms with Gasteiger partial charge in [-0.1, -0.05) is 89.1 Å². The van der Waals surface area contributed by atoms with Crippen molar-refractivity contribution in [3.63, 3.8) is 0 Å².